The first-order valence-corrected chi connectivity index (χ1v) is 4.48. The third-order valence-electron chi connectivity index (χ3n) is 3.09. The fraction of sp³-hybridized carbons (Fsp3) is 0.700. The molecule has 0 heterocycles. The van der Waals surface area contributed by atoms with E-state index in [-0.39, 0.29) is 0 Å². The zero-order chi connectivity index (χ0) is 7.84. The Labute approximate surface area is 67.5 Å². The van der Waals surface area contributed by atoms with Gasteiger partial charge in [-0.15, -0.1) is 0 Å². The van der Waals surface area contributed by atoms with Crippen molar-refractivity contribution in [3.05, 3.63) is 12.2 Å². The van der Waals surface area contributed by atoms with E-state index in [1.165, 1.54) is 0 Å². The van der Waals surface area contributed by atoms with Crippen LogP contribution in [0.5, 0.6) is 0 Å². The van der Waals surface area contributed by atoms with Crippen molar-refractivity contribution in [3.63, 3.8) is 0 Å². The maximum absolute atomic E-state index is 11.4. The summed E-state index contributed by atoms with van der Waals surface area (Å²) < 4.78 is 0. The number of fused-ring (bicyclic) bond motifs is 1. The summed E-state index contributed by atoms with van der Waals surface area (Å²) >= 11 is 0. The first-order chi connectivity index (χ1) is 5.29. The van der Waals surface area contributed by atoms with Gasteiger partial charge >= 0.3 is 0 Å². The number of ketones is 1. The third-order valence-corrected chi connectivity index (χ3v) is 3.09. The molecule has 1 fully saturated rings. The second kappa shape index (κ2) is 2.47. The summed E-state index contributed by atoms with van der Waals surface area (Å²) in [4.78, 5) is 11.4. The summed E-state index contributed by atoms with van der Waals surface area (Å²) in [5, 5.41) is 0. The van der Waals surface area contributed by atoms with Crippen LogP contribution in [0.3, 0.4) is 0 Å². The van der Waals surface area contributed by atoms with Gasteiger partial charge in [0.1, 0.15) is 5.78 Å². The number of hydrogen-bond donors (Lipinski definition) is 0. The molecular weight excluding hydrogens is 136 g/mol. The maximum Gasteiger partial charge on any atom is 0.136 e. The van der Waals surface area contributed by atoms with Gasteiger partial charge in [-0.2, -0.15) is 0 Å². The van der Waals surface area contributed by atoms with Gasteiger partial charge in [-0.3, -0.25) is 4.79 Å². The van der Waals surface area contributed by atoms with Gasteiger partial charge in [-0.1, -0.05) is 19.1 Å². The summed E-state index contributed by atoms with van der Waals surface area (Å²) in [5.74, 6) is 2.07. The number of Topliss-reactive ketones (excluding diaryl/α,β-unsaturated/α-hetero) is 1. The summed E-state index contributed by atoms with van der Waals surface area (Å²) in [6.07, 6.45) is 7.55. The first kappa shape index (κ1) is 7.08. The van der Waals surface area contributed by atoms with Crippen LogP contribution in [0.2, 0.25) is 0 Å². The minimum atomic E-state index is 0.375. The standard InChI is InChI=1S/C10H14O/c1-7-3-2-4-8-5-6-9(11)10(7)8/h2-3,7-8,10H,4-6H2,1H3/t7-,8-,10+/m0/s1. The molecule has 1 saturated carbocycles. The number of carbonyl (C=O) groups is 1. The molecule has 0 unspecified atom stereocenters. The zero-order valence-corrected chi connectivity index (χ0v) is 6.92. The van der Waals surface area contributed by atoms with E-state index in [1.807, 2.05) is 0 Å². The highest BCUT2D eigenvalue weighted by Crippen LogP contribution is 2.39. The van der Waals surface area contributed by atoms with Gasteiger partial charge in [0.15, 0.2) is 0 Å². The smallest absolute Gasteiger partial charge is 0.136 e. The van der Waals surface area contributed by atoms with Crippen LogP contribution < -0.4 is 0 Å². The van der Waals surface area contributed by atoms with Crippen LogP contribution in [0.4, 0.5) is 0 Å². The Morgan fingerprint density at radius 3 is 3.09 bits per heavy atom. The largest absolute Gasteiger partial charge is 0.299 e. The SMILES string of the molecule is C[C@H]1C=CC[C@H]2CCC(=O)[C@@H]21. The quantitative estimate of drug-likeness (QED) is 0.484. The molecule has 0 aromatic rings. The van der Waals surface area contributed by atoms with Gasteiger partial charge in [0.25, 0.3) is 0 Å². The predicted octanol–water partition coefficient (Wildman–Crippen LogP) is 2.18. The van der Waals surface area contributed by atoms with Crippen LogP contribution >= 0.6 is 0 Å². The van der Waals surface area contributed by atoms with E-state index in [4.69, 9.17) is 0 Å². The molecule has 0 N–H and O–H groups in total. The Bertz CT molecular complexity index is 205. The Morgan fingerprint density at radius 2 is 2.36 bits per heavy atom. The molecule has 0 aromatic heterocycles. The molecule has 1 nitrogen and oxygen atoms in total. The van der Waals surface area contributed by atoms with Crippen LogP contribution in [0, 0.1) is 17.8 Å². The highest BCUT2D eigenvalue weighted by molar-refractivity contribution is 5.84. The van der Waals surface area contributed by atoms with Crippen LogP contribution in [0.25, 0.3) is 0 Å². The van der Waals surface area contributed by atoms with Gasteiger partial charge in [0.2, 0.25) is 0 Å². The molecule has 60 valence electrons. The Kier molecular flexibility index (Phi) is 1.59. The van der Waals surface area contributed by atoms with E-state index in [0.717, 1.165) is 19.3 Å². The molecule has 0 radical (unpaired) electrons. The van der Waals surface area contributed by atoms with Crippen molar-refractivity contribution in [1.82, 2.24) is 0 Å². The van der Waals surface area contributed by atoms with Crippen molar-refractivity contribution in [2.75, 3.05) is 0 Å². The van der Waals surface area contributed by atoms with Crippen molar-refractivity contribution in [3.8, 4) is 0 Å². The molecule has 0 spiro atoms. The van der Waals surface area contributed by atoms with E-state index in [0.29, 0.717) is 23.5 Å². The van der Waals surface area contributed by atoms with E-state index in [2.05, 4.69) is 19.1 Å². The summed E-state index contributed by atoms with van der Waals surface area (Å²) in [7, 11) is 0. The molecule has 2 rings (SSSR count). The normalized spacial score (nSPS) is 42.6. The van der Waals surface area contributed by atoms with Crippen molar-refractivity contribution in [2.45, 2.75) is 26.2 Å². The van der Waals surface area contributed by atoms with E-state index < -0.39 is 0 Å². The average Bonchev–Trinajstić information content (AvgIpc) is 2.34. The van der Waals surface area contributed by atoms with Crippen LogP contribution in [-0.2, 0) is 4.79 Å². The molecule has 0 bridgehead atoms. The number of allylic oxidation sites excluding steroid dienone is 2. The summed E-state index contributed by atoms with van der Waals surface area (Å²) in [6.45, 7) is 2.16. The molecular formula is C10H14O. The number of hydrogen-bond acceptors (Lipinski definition) is 1. The second-order valence-corrected chi connectivity index (χ2v) is 3.81. The van der Waals surface area contributed by atoms with Gasteiger partial charge in [0, 0.05) is 12.3 Å². The molecule has 11 heavy (non-hydrogen) atoms. The fourth-order valence-corrected chi connectivity index (χ4v) is 2.51. The zero-order valence-electron chi connectivity index (χ0n) is 6.92. The number of carbonyl (C=O) groups excluding carboxylic acids is 1. The monoisotopic (exact) mass is 150 g/mol. The maximum atomic E-state index is 11.4. The molecule has 2 aliphatic rings. The Morgan fingerprint density at radius 1 is 1.55 bits per heavy atom. The number of rotatable bonds is 0. The third kappa shape index (κ3) is 1.03. The molecule has 0 amide bonds. The highest BCUT2D eigenvalue weighted by Gasteiger charge is 2.38. The predicted molar refractivity (Wildman–Crippen MR) is 44.1 cm³/mol. The van der Waals surface area contributed by atoms with Crippen LogP contribution in [0.1, 0.15) is 26.2 Å². The molecule has 1 heteroatoms. The van der Waals surface area contributed by atoms with Crippen molar-refractivity contribution >= 4 is 5.78 Å². The minimum absolute atomic E-state index is 0.375. The minimum Gasteiger partial charge on any atom is -0.299 e. The van der Waals surface area contributed by atoms with Crippen molar-refractivity contribution in [1.29, 1.82) is 0 Å². The lowest BCUT2D eigenvalue weighted by Crippen LogP contribution is -2.23. The van der Waals surface area contributed by atoms with Gasteiger partial charge in [-0.25, -0.2) is 0 Å². The van der Waals surface area contributed by atoms with Gasteiger partial charge in [-0.05, 0) is 24.7 Å². The Hall–Kier alpha value is -0.590. The summed E-state index contributed by atoms with van der Waals surface area (Å²) in [5.41, 5.74) is 0. The van der Waals surface area contributed by atoms with Crippen molar-refractivity contribution < 1.29 is 4.79 Å². The topological polar surface area (TPSA) is 17.1 Å². The lowest BCUT2D eigenvalue weighted by atomic mass is 9.79. The van der Waals surface area contributed by atoms with E-state index >= 15 is 0 Å². The lowest BCUT2D eigenvalue weighted by Gasteiger charge is -2.25. The van der Waals surface area contributed by atoms with E-state index in [9.17, 15) is 4.79 Å². The van der Waals surface area contributed by atoms with Crippen LogP contribution in [-0.4, -0.2) is 5.78 Å². The molecule has 0 saturated heterocycles. The molecule has 3 atom stereocenters. The molecule has 2 aliphatic carbocycles. The van der Waals surface area contributed by atoms with E-state index in [1.54, 1.807) is 0 Å². The second-order valence-electron chi connectivity index (χ2n) is 3.81. The highest BCUT2D eigenvalue weighted by atomic mass is 16.1. The average molecular weight is 150 g/mol. The van der Waals surface area contributed by atoms with Gasteiger partial charge in [0.05, 0.1) is 0 Å². The van der Waals surface area contributed by atoms with Crippen LogP contribution in [0.15, 0.2) is 12.2 Å². The fourth-order valence-electron chi connectivity index (χ4n) is 2.51. The Balaban J connectivity index is 2.23. The molecule has 0 aliphatic heterocycles. The van der Waals surface area contributed by atoms with Crippen molar-refractivity contribution in [2.24, 2.45) is 17.8 Å². The lowest BCUT2D eigenvalue weighted by molar-refractivity contribution is -0.122. The van der Waals surface area contributed by atoms with Gasteiger partial charge < -0.3 is 0 Å². The summed E-state index contributed by atoms with van der Waals surface area (Å²) in [6, 6.07) is 0. The molecule has 0 aromatic carbocycles. The first-order valence-electron chi connectivity index (χ1n) is 4.48.